The molecule has 0 aliphatic carbocycles. The van der Waals surface area contributed by atoms with E-state index in [-0.39, 0.29) is 0 Å². The van der Waals surface area contributed by atoms with Gasteiger partial charge in [-0.3, -0.25) is 4.79 Å². The summed E-state index contributed by atoms with van der Waals surface area (Å²) < 4.78 is 0. The fraction of sp³-hybridized carbons (Fsp3) is 0.100. The summed E-state index contributed by atoms with van der Waals surface area (Å²) in [4.78, 5) is 20.5. The molecule has 0 aliphatic rings. The first kappa shape index (κ1) is 8.44. The summed E-state index contributed by atoms with van der Waals surface area (Å²) in [5.74, 6) is 1.80. The Bertz CT molecular complexity index is 329. The second kappa shape index (κ2) is 3.65. The molecule has 2 nitrogen and oxygen atoms in total. The number of aldehydes is 1. The molecule has 0 amide bonds. The molecule has 0 aromatic heterocycles. The van der Waals surface area contributed by atoms with Crippen molar-refractivity contribution in [2.24, 2.45) is 0 Å². The number of hydrogen-bond acceptors (Lipinski definition) is 2. The van der Waals surface area contributed by atoms with Crippen LogP contribution in [0.3, 0.4) is 0 Å². The number of hydrogen-bond donors (Lipinski definition) is 0. The van der Waals surface area contributed by atoms with Crippen molar-refractivity contribution in [1.82, 2.24) is 0 Å². The lowest BCUT2D eigenvalue weighted by Gasteiger charge is -1.95. The lowest BCUT2D eigenvalue weighted by Crippen LogP contribution is -1.82. The second-order valence-corrected chi connectivity index (χ2v) is 2.47. The SMILES string of the molecule is CC(=C=O)c1ccc(C=O)cc1. The molecule has 0 bridgehead atoms. The van der Waals surface area contributed by atoms with Crippen molar-refractivity contribution in [1.29, 1.82) is 0 Å². The van der Waals surface area contributed by atoms with E-state index in [0.717, 1.165) is 11.8 Å². The van der Waals surface area contributed by atoms with Gasteiger partial charge < -0.3 is 0 Å². The lowest BCUT2D eigenvalue weighted by atomic mass is 10.1. The molecule has 1 aromatic rings. The van der Waals surface area contributed by atoms with Gasteiger partial charge in [0.25, 0.3) is 0 Å². The molecule has 0 saturated heterocycles. The monoisotopic (exact) mass is 160 g/mol. The largest absolute Gasteiger partial charge is 0.298 e. The van der Waals surface area contributed by atoms with E-state index in [9.17, 15) is 9.59 Å². The zero-order chi connectivity index (χ0) is 8.97. The molecule has 0 saturated carbocycles. The molecule has 0 fully saturated rings. The molecule has 0 radical (unpaired) electrons. The molecule has 0 atom stereocenters. The van der Waals surface area contributed by atoms with Crippen LogP contribution in [0.1, 0.15) is 22.8 Å². The van der Waals surface area contributed by atoms with Crippen LogP contribution in [0.4, 0.5) is 0 Å². The minimum Gasteiger partial charge on any atom is -0.298 e. The van der Waals surface area contributed by atoms with Crippen molar-refractivity contribution in [3.8, 4) is 0 Å². The van der Waals surface area contributed by atoms with Crippen LogP contribution < -0.4 is 0 Å². The molecule has 0 heterocycles. The highest BCUT2D eigenvalue weighted by Gasteiger charge is 1.95. The summed E-state index contributed by atoms with van der Waals surface area (Å²) >= 11 is 0. The Balaban J connectivity index is 3.07. The van der Waals surface area contributed by atoms with Gasteiger partial charge in [0.2, 0.25) is 0 Å². The Kier molecular flexibility index (Phi) is 2.57. The number of benzene rings is 1. The molecule has 1 aromatic carbocycles. The van der Waals surface area contributed by atoms with Gasteiger partial charge in [0.15, 0.2) is 0 Å². The quantitative estimate of drug-likeness (QED) is 0.487. The van der Waals surface area contributed by atoms with Crippen LogP contribution in [0.2, 0.25) is 0 Å². The van der Waals surface area contributed by atoms with E-state index in [1.165, 1.54) is 0 Å². The van der Waals surface area contributed by atoms with Gasteiger partial charge in [-0.05, 0) is 12.5 Å². The Labute approximate surface area is 70.5 Å². The maximum Gasteiger partial charge on any atom is 0.150 e. The number of carbonyl (C=O) groups excluding carboxylic acids is 2. The van der Waals surface area contributed by atoms with Gasteiger partial charge in [0, 0.05) is 11.1 Å². The zero-order valence-electron chi connectivity index (χ0n) is 6.70. The predicted octanol–water partition coefficient (Wildman–Crippen LogP) is 1.73. The van der Waals surface area contributed by atoms with E-state index in [0.29, 0.717) is 11.1 Å². The smallest absolute Gasteiger partial charge is 0.150 e. The van der Waals surface area contributed by atoms with Gasteiger partial charge in [-0.2, -0.15) is 0 Å². The summed E-state index contributed by atoms with van der Waals surface area (Å²) in [6.07, 6.45) is 0.768. The van der Waals surface area contributed by atoms with Crippen LogP contribution in [0, 0.1) is 0 Å². The Morgan fingerprint density at radius 1 is 1.33 bits per heavy atom. The molecule has 0 aliphatic heterocycles. The fourth-order valence-electron chi connectivity index (χ4n) is 0.871. The summed E-state index contributed by atoms with van der Waals surface area (Å²) in [7, 11) is 0. The standard InChI is InChI=1S/C10H8O2/c1-8(6-11)10-4-2-9(7-12)3-5-10/h2-5,7H,1H3. The molecule has 2 heteroatoms. The average Bonchev–Trinajstić information content (AvgIpc) is 2.17. The highest BCUT2D eigenvalue weighted by atomic mass is 16.1. The van der Waals surface area contributed by atoms with Crippen LogP contribution in [0.25, 0.3) is 5.57 Å². The molecule has 12 heavy (non-hydrogen) atoms. The third kappa shape index (κ3) is 1.68. The van der Waals surface area contributed by atoms with Gasteiger partial charge in [-0.25, -0.2) is 4.79 Å². The minimum absolute atomic E-state index is 0.549. The van der Waals surface area contributed by atoms with Crippen molar-refractivity contribution in [3.63, 3.8) is 0 Å². The van der Waals surface area contributed by atoms with Gasteiger partial charge in [0.1, 0.15) is 12.2 Å². The van der Waals surface area contributed by atoms with Crippen LogP contribution in [-0.2, 0) is 4.79 Å². The van der Waals surface area contributed by atoms with E-state index in [1.54, 1.807) is 37.1 Å². The van der Waals surface area contributed by atoms with Crippen molar-refractivity contribution in [3.05, 3.63) is 35.4 Å². The predicted molar refractivity (Wildman–Crippen MR) is 46.6 cm³/mol. The van der Waals surface area contributed by atoms with Crippen LogP contribution in [-0.4, -0.2) is 12.2 Å². The second-order valence-electron chi connectivity index (χ2n) is 2.47. The molecule has 0 N–H and O–H groups in total. The number of allylic oxidation sites excluding steroid dienone is 1. The van der Waals surface area contributed by atoms with Crippen molar-refractivity contribution >= 4 is 17.8 Å². The highest BCUT2D eigenvalue weighted by molar-refractivity contribution is 5.86. The maximum atomic E-state index is 10.3. The molecule has 0 spiro atoms. The fourth-order valence-corrected chi connectivity index (χ4v) is 0.871. The number of carbonyl (C=O) groups is 1. The van der Waals surface area contributed by atoms with Crippen LogP contribution in [0.5, 0.6) is 0 Å². The third-order valence-electron chi connectivity index (χ3n) is 1.63. The summed E-state index contributed by atoms with van der Waals surface area (Å²) in [6.45, 7) is 1.68. The van der Waals surface area contributed by atoms with Crippen LogP contribution in [0.15, 0.2) is 24.3 Å². The van der Waals surface area contributed by atoms with Crippen molar-refractivity contribution < 1.29 is 9.59 Å². The highest BCUT2D eigenvalue weighted by Crippen LogP contribution is 2.10. The van der Waals surface area contributed by atoms with Gasteiger partial charge in [-0.15, -0.1) is 0 Å². The van der Waals surface area contributed by atoms with Crippen molar-refractivity contribution in [2.45, 2.75) is 6.92 Å². The zero-order valence-corrected chi connectivity index (χ0v) is 6.70. The van der Waals surface area contributed by atoms with E-state index < -0.39 is 0 Å². The Hall–Kier alpha value is -1.66. The minimum atomic E-state index is 0.549. The average molecular weight is 160 g/mol. The van der Waals surface area contributed by atoms with Gasteiger partial charge >= 0.3 is 0 Å². The Morgan fingerprint density at radius 2 is 1.92 bits per heavy atom. The van der Waals surface area contributed by atoms with E-state index in [1.807, 2.05) is 0 Å². The first-order valence-electron chi connectivity index (χ1n) is 3.55. The summed E-state index contributed by atoms with van der Waals surface area (Å²) in [6, 6.07) is 6.79. The van der Waals surface area contributed by atoms with Gasteiger partial charge in [0.05, 0.1) is 0 Å². The van der Waals surface area contributed by atoms with Crippen molar-refractivity contribution in [2.75, 3.05) is 0 Å². The van der Waals surface area contributed by atoms with Gasteiger partial charge in [-0.1, -0.05) is 24.3 Å². The normalized spacial score (nSPS) is 8.75. The van der Waals surface area contributed by atoms with E-state index >= 15 is 0 Å². The first-order valence-corrected chi connectivity index (χ1v) is 3.55. The molecule has 0 unspecified atom stereocenters. The van der Waals surface area contributed by atoms with Crippen LogP contribution >= 0.6 is 0 Å². The molecule has 60 valence electrons. The van der Waals surface area contributed by atoms with E-state index in [4.69, 9.17) is 0 Å². The van der Waals surface area contributed by atoms with E-state index in [2.05, 4.69) is 0 Å². The molecular formula is C10H8O2. The summed E-state index contributed by atoms with van der Waals surface area (Å²) in [5.41, 5.74) is 1.96. The topological polar surface area (TPSA) is 34.1 Å². The Morgan fingerprint density at radius 3 is 2.33 bits per heavy atom. The summed E-state index contributed by atoms with van der Waals surface area (Å²) in [5, 5.41) is 0. The first-order chi connectivity index (χ1) is 5.77. The number of rotatable bonds is 2. The maximum absolute atomic E-state index is 10.3. The lowest BCUT2D eigenvalue weighted by molar-refractivity contribution is 0.112. The molecular weight excluding hydrogens is 152 g/mol. The third-order valence-corrected chi connectivity index (χ3v) is 1.63. The molecule has 1 rings (SSSR count).